The van der Waals surface area contributed by atoms with Crippen molar-refractivity contribution in [1.82, 2.24) is 14.8 Å². The molecule has 1 aromatic heterocycles. The van der Waals surface area contributed by atoms with Gasteiger partial charge in [0, 0.05) is 11.8 Å². The summed E-state index contributed by atoms with van der Waals surface area (Å²) in [5.41, 5.74) is 1.27. The highest BCUT2D eigenvalue weighted by atomic mass is 32.2. The van der Waals surface area contributed by atoms with Crippen molar-refractivity contribution in [2.24, 2.45) is 0 Å². The fourth-order valence-electron chi connectivity index (χ4n) is 2.66. The second kappa shape index (κ2) is 7.15. The van der Waals surface area contributed by atoms with Crippen LogP contribution in [0.5, 0.6) is 0 Å². The van der Waals surface area contributed by atoms with Gasteiger partial charge in [0.05, 0.1) is 0 Å². The van der Waals surface area contributed by atoms with Gasteiger partial charge in [-0.05, 0) is 29.7 Å². The van der Waals surface area contributed by atoms with Gasteiger partial charge in [-0.1, -0.05) is 61.2 Å². The topological polar surface area (TPSA) is 50.9 Å². The summed E-state index contributed by atoms with van der Waals surface area (Å²) in [6.45, 7) is 5.05. The predicted molar refractivity (Wildman–Crippen MR) is 94.5 cm³/mol. The number of nitrogens with zero attached hydrogens (tertiary/aromatic N) is 3. The van der Waals surface area contributed by atoms with Crippen molar-refractivity contribution >= 4 is 22.5 Å². The van der Waals surface area contributed by atoms with E-state index in [0.29, 0.717) is 5.82 Å². The third-order valence-electron chi connectivity index (χ3n) is 3.91. The molecule has 0 aliphatic carbocycles. The fraction of sp³-hybridized carbons (Fsp3) is 0.333. The summed E-state index contributed by atoms with van der Waals surface area (Å²) in [6.07, 6.45) is 0.989. The van der Waals surface area contributed by atoms with Gasteiger partial charge < -0.3 is 9.67 Å². The summed E-state index contributed by atoms with van der Waals surface area (Å²) >= 11 is 1.69. The Kier molecular flexibility index (Phi) is 4.98. The van der Waals surface area contributed by atoms with E-state index in [1.54, 1.807) is 11.8 Å². The Bertz CT molecular complexity index is 800. The van der Waals surface area contributed by atoms with Crippen LogP contribution in [0.25, 0.3) is 10.8 Å². The second-order valence-electron chi connectivity index (χ2n) is 5.58. The van der Waals surface area contributed by atoms with Gasteiger partial charge >= 0.3 is 0 Å². The van der Waals surface area contributed by atoms with E-state index in [1.165, 1.54) is 16.3 Å². The van der Waals surface area contributed by atoms with Crippen LogP contribution in [0.2, 0.25) is 0 Å². The second-order valence-corrected chi connectivity index (χ2v) is 6.88. The summed E-state index contributed by atoms with van der Waals surface area (Å²) < 4.78 is 2.02. The maximum Gasteiger partial charge on any atom is 0.191 e. The first kappa shape index (κ1) is 16.0. The van der Waals surface area contributed by atoms with Crippen molar-refractivity contribution in [3.63, 3.8) is 0 Å². The molecule has 0 saturated heterocycles. The van der Waals surface area contributed by atoms with Gasteiger partial charge in [0.2, 0.25) is 0 Å². The van der Waals surface area contributed by atoms with E-state index >= 15 is 0 Å². The fourth-order valence-corrected chi connectivity index (χ4v) is 3.67. The Morgan fingerprint density at radius 3 is 2.65 bits per heavy atom. The van der Waals surface area contributed by atoms with Crippen molar-refractivity contribution in [1.29, 1.82) is 0 Å². The monoisotopic (exact) mass is 327 g/mol. The number of hydrogen-bond donors (Lipinski definition) is 1. The van der Waals surface area contributed by atoms with Gasteiger partial charge in [0.15, 0.2) is 11.0 Å². The van der Waals surface area contributed by atoms with Gasteiger partial charge in [-0.25, -0.2) is 0 Å². The molecule has 0 saturated carbocycles. The number of rotatable bonds is 6. The Morgan fingerprint density at radius 1 is 1.13 bits per heavy atom. The van der Waals surface area contributed by atoms with E-state index in [9.17, 15) is 5.11 Å². The van der Waals surface area contributed by atoms with E-state index in [-0.39, 0.29) is 11.9 Å². The van der Waals surface area contributed by atoms with Gasteiger partial charge in [-0.2, -0.15) is 0 Å². The summed E-state index contributed by atoms with van der Waals surface area (Å²) in [5, 5.41) is 21.4. The minimum absolute atomic E-state index is 0.0715. The molecule has 1 heterocycles. The van der Waals surface area contributed by atoms with E-state index in [2.05, 4.69) is 66.5 Å². The quantitative estimate of drug-likeness (QED) is 0.690. The Hall–Kier alpha value is -1.85. The molecule has 23 heavy (non-hydrogen) atoms. The van der Waals surface area contributed by atoms with Crippen LogP contribution in [0.4, 0.5) is 0 Å². The highest BCUT2D eigenvalue weighted by molar-refractivity contribution is 7.99. The van der Waals surface area contributed by atoms with Crippen LogP contribution in [0, 0.1) is 0 Å². The lowest BCUT2D eigenvalue weighted by molar-refractivity contribution is 0.263. The lowest BCUT2D eigenvalue weighted by Gasteiger charge is -2.13. The summed E-state index contributed by atoms with van der Waals surface area (Å²) in [6, 6.07) is 15.0. The normalized spacial score (nSPS) is 12.7. The number of aliphatic hydroxyl groups is 1. The van der Waals surface area contributed by atoms with E-state index < -0.39 is 0 Å². The molecule has 1 unspecified atom stereocenters. The lowest BCUT2D eigenvalue weighted by atomic mass is 10.1. The summed E-state index contributed by atoms with van der Waals surface area (Å²) in [4.78, 5) is 0. The lowest BCUT2D eigenvalue weighted by Crippen LogP contribution is -2.05. The minimum Gasteiger partial charge on any atom is -0.388 e. The zero-order valence-corrected chi connectivity index (χ0v) is 14.3. The van der Waals surface area contributed by atoms with E-state index in [1.807, 2.05) is 4.57 Å². The summed E-state index contributed by atoms with van der Waals surface area (Å²) in [7, 11) is 0. The number of thioether (sulfide) groups is 1. The smallest absolute Gasteiger partial charge is 0.191 e. The number of fused-ring (bicyclic) bond motifs is 1. The van der Waals surface area contributed by atoms with Crippen molar-refractivity contribution in [3.05, 3.63) is 53.9 Å². The number of aliphatic hydroxyl groups excluding tert-OH is 1. The molecular weight excluding hydrogens is 306 g/mol. The predicted octanol–water partition coefficient (Wildman–Crippen LogP) is 4.19. The zero-order valence-electron chi connectivity index (χ0n) is 13.4. The van der Waals surface area contributed by atoms with Crippen molar-refractivity contribution in [2.45, 2.75) is 43.8 Å². The molecule has 0 bridgehead atoms. The third kappa shape index (κ3) is 3.41. The molecule has 3 aromatic rings. The molecule has 0 radical (unpaired) electrons. The Labute approximate surface area is 140 Å². The standard InChI is InChI=1S/C18H21N3OS/c1-3-10-21-17(12-22)19-20-18(21)23-13(2)15-9-8-14-6-4-5-7-16(14)11-15/h4-9,11,13,22H,3,10,12H2,1-2H3. The largest absolute Gasteiger partial charge is 0.388 e. The minimum atomic E-state index is -0.0715. The first-order chi connectivity index (χ1) is 11.2. The average Bonchev–Trinajstić information content (AvgIpc) is 2.96. The highest BCUT2D eigenvalue weighted by Crippen LogP contribution is 2.35. The van der Waals surface area contributed by atoms with Gasteiger partial charge in [0.1, 0.15) is 6.61 Å². The van der Waals surface area contributed by atoms with Crippen LogP contribution in [0.3, 0.4) is 0 Å². The molecule has 4 nitrogen and oxygen atoms in total. The first-order valence-electron chi connectivity index (χ1n) is 7.91. The maximum atomic E-state index is 9.40. The van der Waals surface area contributed by atoms with Gasteiger partial charge in [0.25, 0.3) is 0 Å². The molecule has 0 aliphatic rings. The maximum absolute atomic E-state index is 9.40. The molecule has 3 rings (SSSR count). The highest BCUT2D eigenvalue weighted by Gasteiger charge is 2.16. The van der Waals surface area contributed by atoms with Crippen molar-refractivity contribution in [2.75, 3.05) is 0 Å². The van der Waals surface area contributed by atoms with Gasteiger partial charge in [-0.15, -0.1) is 10.2 Å². The van der Waals surface area contributed by atoms with Crippen molar-refractivity contribution in [3.8, 4) is 0 Å². The molecule has 0 amide bonds. The van der Waals surface area contributed by atoms with Gasteiger partial charge in [-0.3, -0.25) is 0 Å². The molecule has 0 spiro atoms. The molecule has 0 fully saturated rings. The number of benzene rings is 2. The average molecular weight is 327 g/mol. The van der Waals surface area contributed by atoms with Crippen LogP contribution in [0.1, 0.15) is 36.9 Å². The van der Waals surface area contributed by atoms with Crippen LogP contribution < -0.4 is 0 Å². The van der Waals surface area contributed by atoms with Crippen molar-refractivity contribution < 1.29 is 5.11 Å². The van der Waals surface area contributed by atoms with Crippen LogP contribution in [0.15, 0.2) is 47.6 Å². The third-order valence-corrected chi connectivity index (χ3v) is 5.05. The molecular formula is C18H21N3OS. The van der Waals surface area contributed by atoms with E-state index in [4.69, 9.17) is 0 Å². The molecule has 5 heteroatoms. The van der Waals surface area contributed by atoms with Crippen LogP contribution in [-0.2, 0) is 13.2 Å². The Morgan fingerprint density at radius 2 is 1.91 bits per heavy atom. The van der Waals surface area contributed by atoms with E-state index in [0.717, 1.165) is 18.1 Å². The summed E-state index contributed by atoms with van der Waals surface area (Å²) in [5.74, 6) is 0.639. The zero-order chi connectivity index (χ0) is 16.2. The molecule has 0 aliphatic heterocycles. The molecule has 1 atom stereocenters. The first-order valence-corrected chi connectivity index (χ1v) is 8.79. The number of aromatic nitrogens is 3. The van der Waals surface area contributed by atoms with Crippen LogP contribution in [-0.4, -0.2) is 19.9 Å². The van der Waals surface area contributed by atoms with Crippen LogP contribution >= 0.6 is 11.8 Å². The SMILES string of the molecule is CCCn1c(CO)nnc1SC(C)c1ccc2ccccc2c1. The Balaban J connectivity index is 1.85. The number of hydrogen-bond acceptors (Lipinski definition) is 4. The molecule has 2 aromatic carbocycles. The molecule has 120 valence electrons. The molecule has 1 N–H and O–H groups in total.